The molecule has 0 aromatic heterocycles. The zero-order valence-electron chi connectivity index (χ0n) is 18.4. The number of hydrogen-bond acceptors (Lipinski definition) is 3. The predicted molar refractivity (Wildman–Crippen MR) is 98.6 cm³/mol. The maximum Gasteiger partial charge on any atom is 0.420 e. The highest BCUT2D eigenvalue weighted by molar-refractivity contribution is 5.90. The van der Waals surface area contributed by atoms with Crippen molar-refractivity contribution in [3.8, 4) is 5.75 Å². The van der Waals surface area contributed by atoms with Gasteiger partial charge >= 0.3 is 18.4 Å². The Bertz CT molecular complexity index is 1090. The van der Waals surface area contributed by atoms with Gasteiger partial charge in [-0.2, -0.15) is 26.3 Å². The summed E-state index contributed by atoms with van der Waals surface area (Å²) in [4.78, 5) is 13.9. The minimum absolute atomic E-state index is 0.00370. The number of benzene rings is 2. The predicted octanol–water partition coefficient (Wildman–Crippen LogP) is 5.87. The second-order valence-electron chi connectivity index (χ2n) is 6.42. The van der Waals surface area contributed by atoms with Crippen molar-refractivity contribution in [2.24, 2.45) is 0 Å². The number of nitrogens with zero attached hydrogens (tertiary/aromatic N) is 2. The van der Waals surface area contributed by atoms with E-state index in [-0.39, 0.29) is 24.1 Å². The van der Waals surface area contributed by atoms with E-state index in [1.165, 1.54) is 12.2 Å². The monoisotopic (exact) mass is 451 g/mol. The molecule has 166 valence electrons. The number of rotatable bonds is 3. The van der Waals surface area contributed by atoms with Crippen molar-refractivity contribution >= 4 is 17.5 Å². The van der Waals surface area contributed by atoms with E-state index < -0.39 is 59.5 Å². The third-order valence-corrected chi connectivity index (χ3v) is 4.32. The maximum atomic E-state index is 13.8. The molecule has 1 heterocycles. The van der Waals surface area contributed by atoms with Crippen LogP contribution in [0, 0.1) is 5.82 Å². The molecule has 1 aliphatic rings. The van der Waals surface area contributed by atoms with Gasteiger partial charge in [-0.25, -0.2) is 9.18 Å². The lowest BCUT2D eigenvalue weighted by atomic mass is 10.1. The molecule has 0 spiro atoms. The molecule has 0 N–H and O–H groups in total. The second kappa shape index (κ2) is 8.12. The molecule has 0 radical (unpaired) electrons. The van der Waals surface area contributed by atoms with Crippen molar-refractivity contribution in [2.75, 3.05) is 29.9 Å². The molecular formula is C20H15F7N2O2. The molecule has 0 unspecified atom stereocenters. The van der Waals surface area contributed by atoms with Gasteiger partial charge in [-0.05, 0) is 36.4 Å². The molecule has 0 aliphatic carbocycles. The fourth-order valence-corrected chi connectivity index (χ4v) is 2.83. The first-order valence-electron chi connectivity index (χ1n) is 10.1. The van der Waals surface area contributed by atoms with Crippen LogP contribution in [0.2, 0.25) is 0 Å². The molecule has 0 atom stereocenters. The number of carbonyl (C=O) groups is 1. The topological polar surface area (TPSA) is 32.8 Å². The minimum atomic E-state index is -5.39. The van der Waals surface area contributed by atoms with E-state index in [9.17, 15) is 35.5 Å². The number of ether oxygens (including phenoxy) is 1. The van der Waals surface area contributed by atoms with Gasteiger partial charge in [0.25, 0.3) is 0 Å². The van der Waals surface area contributed by atoms with Gasteiger partial charge in [0.15, 0.2) is 5.75 Å². The molecule has 2 aromatic carbocycles. The number of carbonyl (C=O) groups excluding carboxylic acids is 1. The average molecular weight is 451 g/mol. The SMILES string of the molecule is [2H]C([2H])([2H])N(C(=O)Oc1c(N2CC=CC2)cc(C(F)(F)F)cc1C(F)(F)F)c1ccc(F)cc1. The van der Waals surface area contributed by atoms with Crippen molar-refractivity contribution in [2.45, 2.75) is 12.4 Å². The molecule has 4 nitrogen and oxygen atoms in total. The summed E-state index contributed by atoms with van der Waals surface area (Å²) in [5.41, 5.74) is -4.68. The van der Waals surface area contributed by atoms with Crippen LogP contribution in [0.1, 0.15) is 15.2 Å². The molecule has 0 fully saturated rings. The summed E-state index contributed by atoms with van der Waals surface area (Å²) in [7, 11) is 0. The van der Waals surface area contributed by atoms with E-state index in [1.54, 1.807) is 0 Å². The number of halogens is 7. The summed E-state index contributed by atoms with van der Waals surface area (Å²) in [6, 6.07) is 3.55. The Balaban J connectivity index is 2.16. The third-order valence-electron chi connectivity index (χ3n) is 4.32. The Kier molecular flexibility index (Phi) is 4.85. The summed E-state index contributed by atoms with van der Waals surface area (Å²) in [6.45, 7) is -3.44. The Morgan fingerprint density at radius 2 is 1.65 bits per heavy atom. The largest absolute Gasteiger partial charge is 0.420 e. The standard InChI is InChI=1S/C20H15F7N2O2/c1-28(14-6-4-13(21)5-7-14)18(30)31-17-15(20(25,26)27)10-12(19(22,23)24)11-16(17)29-8-2-3-9-29/h2-7,10-11H,8-9H2,1H3/i1D3. The number of anilines is 2. The zero-order chi connectivity index (χ0) is 25.5. The fraction of sp³-hybridized carbons (Fsp3) is 0.250. The van der Waals surface area contributed by atoms with Crippen LogP contribution in [0.5, 0.6) is 5.75 Å². The number of hydrogen-bond donors (Lipinski definition) is 0. The molecule has 11 heteroatoms. The van der Waals surface area contributed by atoms with Gasteiger partial charge in [-0.15, -0.1) is 0 Å². The van der Waals surface area contributed by atoms with Gasteiger partial charge in [-0.1, -0.05) is 12.2 Å². The van der Waals surface area contributed by atoms with E-state index in [2.05, 4.69) is 0 Å². The molecule has 1 amide bonds. The van der Waals surface area contributed by atoms with Crippen LogP contribution in [0.3, 0.4) is 0 Å². The average Bonchev–Trinajstić information content (AvgIpc) is 3.21. The number of alkyl halides is 6. The van der Waals surface area contributed by atoms with Crippen LogP contribution in [0.15, 0.2) is 48.6 Å². The smallest absolute Gasteiger partial charge is 0.407 e. The quantitative estimate of drug-likeness (QED) is 0.432. The van der Waals surface area contributed by atoms with Crippen LogP contribution in [-0.2, 0) is 12.4 Å². The van der Waals surface area contributed by atoms with Gasteiger partial charge in [0.05, 0.1) is 11.3 Å². The first-order valence-corrected chi connectivity index (χ1v) is 8.59. The second-order valence-corrected chi connectivity index (χ2v) is 6.42. The molecular weight excluding hydrogens is 433 g/mol. The summed E-state index contributed by atoms with van der Waals surface area (Å²) in [5.74, 6) is -2.07. The van der Waals surface area contributed by atoms with Crippen molar-refractivity contribution in [3.63, 3.8) is 0 Å². The lowest BCUT2D eigenvalue weighted by Crippen LogP contribution is -2.31. The fourth-order valence-electron chi connectivity index (χ4n) is 2.83. The van der Waals surface area contributed by atoms with Crippen LogP contribution < -0.4 is 14.5 Å². The van der Waals surface area contributed by atoms with Gasteiger partial charge < -0.3 is 9.64 Å². The lowest BCUT2D eigenvalue weighted by molar-refractivity contribution is -0.143. The summed E-state index contributed by atoms with van der Waals surface area (Å²) >= 11 is 0. The highest BCUT2D eigenvalue weighted by atomic mass is 19.4. The highest BCUT2D eigenvalue weighted by Gasteiger charge is 2.42. The van der Waals surface area contributed by atoms with E-state index in [0.717, 1.165) is 29.2 Å². The zero-order valence-corrected chi connectivity index (χ0v) is 15.4. The van der Waals surface area contributed by atoms with Gasteiger partial charge in [0.2, 0.25) is 0 Å². The molecule has 0 saturated heterocycles. The van der Waals surface area contributed by atoms with Crippen LogP contribution in [0.4, 0.5) is 46.9 Å². The van der Waals surface area contributed by atoms with Crippen LogP contribution in [0.25, 0.3) is 0 Å². The van der Waals surface area contributed by atoms with E-state index >= 15 is 0 Å². The Morgan fingerprint density at radius 3 is 2.16 bits per heavy atom. The third kappa shape index (κ3) is 4.92. The minimum Gasteiger partial charge on any atom is -0.407 e. The normalized spacial score (nSPS) is 16.0. The lowest BCUT2D eigenvalue weighted by Gasteiger charge is -2.26. The molecule has 0 bridgehead atoms. The van der Waals surface area contributed by atoms with Gasteiger partial charge in [0, 0.05) is 29.9 Å². The molecule has 3 rings (SSSR count). The Labute approximate surface area is 176 Å². The van der Waals surface area contributed by atoms with Crippen molar-refractivity contribution < 1.29 is 44.4 Å². The van der Waals surface area contributed by atoms with Crippen molar-refractivity contribution in [1.29, 1.82) is 0 Å². The first-order chi connectivity index (χ1) is 15.6. The highest BCUT2D eigenvalue weighted by Crippen LogP contribution is 2.46. The first kappa shape index (κ1) is 18.5. The van der Waals surface area contributed by atoms with E-state index in [1.807, 2.05) is 0 Å². The molecule has 1 aliphatic heterocycles. The van der Waals surface area contributed by atoms with Crippen LogP contribution in [-0.4, -0.2) is 26.2 Å². The number of amides is 1. The van der Waals surface area contributed by atoms with Crippen molar-refractivity contribution in [1.82, 2.24) is 0 Å². The summed E-state index contributed by atoms with van der Waals surface area (Å²) in [5, 5.41) is 0. The van der Waals surface area contributed by atoms with Crippen molar-refractivity contribution in [3.05, 3.63) is 65.5 Å². The van der Waals surface area contributed by atoms with E-state index in [4.69, 9.17) is 8.85 Å². The Morgan fingerprint density at radius 1 is 1.03 bits per heavy atom. The van der Waals surface area contributed by atoms with E-state index in [0.29, 0.717) is 6.07 Å². The maximum absolute atomic E-state index is 13.8. The molecule has 0 saturated carbocycles. The summed E-state index contributed by atoms with van der Waals surface area (Å²) in [6.07, 6.45) is -9.41. The van der Waals surface area contributed by atoms with Gasteiger partial charge in [0.1, 0.15) is 11.4 Å². The van der Waals surface area contributed by atoms with Crippen LogP contribution >= 0.6 is 0 Å². The summed E-state index contributed by atoms with van der Waals surface area (Å²) < 4.78 is 122. The van der Waals surface area contributed by atoms with Gasteiger partial charge in [-0.3, -0.25) is 4.90 Å². The molecule has 2 aromatic rings. The molecule has 31 heavy (non-hydrogen) atoms. The Hall–Kier alpha value is -3.24.